The van der Waals surface area contributed by atoms with Crippen molar-refractivity contribution in [2.45, 2.75) is 19.4 Å². The Hall–Kier alpha value is -2.55. The third kappa shape index (κ3) is 5.72. The van der Waals surface area contributed by atoms with Gasteiger partial charge in [0.1, 0.15) is 0 Å². The quantitative estimate of drug-likeness (QED) is 0.469. The van der Waals surface area contributed by atoms with Gasteiger partial charge >= 0.3 is 5.97 Å². The van der Waals surface area contributed by atoms with E-state index < -0.39 is 28.3 Å². The van der Waals surface area contributed by atoms with Gasteiger partial charge in [0, 0.05) is 18.7 Å². The molecule has 1 aliphatic rings. The molecule has 1 aliphatic heterocycles. The molecule has 0 saturated carbocycles. The summed E-state index contributed by atoms with van der Waals surface area (Å²) in [6.07, 6.45) is 3.16. The monoisotopic (exact) mass is 411 g/mol. The average molecular weight is 411 g/mol. The number of nitrogens with zero attached hydrogens (tertiary/aromatic N) is 1. The van der Waals surface area contributed by atoms with Gasteiger partial charge in [-0.05, 0) is 37.1 Å². The zero-order valence-electron chi connectivity index (χ0n) is 16.2. The van der Waals surface area contributed by atoms with Crippen LogP contribution in [0.2, 0.25) is 0 Å². The third-order valence-electron chi connectivity index (χ3n) is 4.47. The average Bonchev–Trinajstić information content (AvgIpc) is 3.04. The van der Waals surface area contributed by atoms with E-state index in [9.17, 15) is 18.0 Å². The van der Waals surface area contributed by atoms with Crippen molar-refractivity contribution in [2.75, 3.05) is 38.9 Å². The zero-order valence-corrected chi connectivity index (χ0v) is 17.0. The Morgan fingerprint density at radius 3 is 2.50 bits per heavy atom. The van der Waals surface area contributed by atoms with Crippen LogP contribution in [0.25, 0.3) is 6.08 Å². The number of hydrogen-bond donors (Lipinski definition) is 0. The molecule has 1 aromatic rings. The lowest BCUT2D eigenvalue weighted by molar-refractivity contribution is -0.149. The normalized spacial score (nSPS) is 18.0. The summed E-state index contributed by atoms with van der Waals surface area (Å²) in [4.78, 5) is 25.7. The molecule has 0 bridgehead atoms. The smallest absolute Gasteiger partial charge is 0.331 e. The molecule has 0 unspecified atom stereocenters. The summed E-state index contributed by atoms with van der Waals surface area (Å²) in [7, 11) is -0.0532. The van der Waals surface area contributed by atoms with Crippen LogP contribution in [0.4, 0.5) is 0 Å². The summed E-state index contributed by atoms with van der Waals surface area (Å²) >= 11 is 0. The number of hydrogen-bond acceptors (Lipinski definition) is 7. The Bertz CT molecular complexity index is 848. The summed E-state index contributed by atoms with van der Waals surface area (Å²) < 4.78 is 38.6. The summed E-state index contributed by atoms with van der Waals surface area (Å²) in [5, 5.41) is 0. The molecule has 0 radical (unpaired) electrons. The van der Waals surface area contributed by atoms with E-state index in [1.165, 1.54) is 31.3 Å². The fourth-order valence-electron chi connectivity index (χ4n) is 3.04. The molecule has 1 amide bonds. The van der Waals surface area contributed by atoms with Crippen molar-refractivity contribution in [1.82, 2.24) is 4.90 Å². The standard InChI is InChI=1S/C19H25NO7S/c1-4-20(15-9-10-28(23,24)13-15)18(21)12-27-19(22)8-6-14-5-7-16(25-2)17(11-14)26-3/h5-8,11,15H,4,9-10,12-13H2,1-3H3/b8-6+/t15-/m1/s1. The van der Waals surface area contributed by atoms with Crippen molar-refractivity contribution in [3.05, 3.63) is 29.8 Å². The Labute approximate surface area is 165 Å². The van der Waals surface area contributed by atoms with Gasteiger partial charge in [-0.15, -0.1) is 0 Å². The van der Waals surface area contributed by atoms with Crippen molar-refractivity contribution in [1.29, 1.82) is 0 Å². The fraction of sp³-hybridized carbons (Fsp3) is 0.474. The number of amides is 1. The van der Waals surface area contributed by atoms with Crippen LogP contribution in [-0.4, -0.2) is 70.1 Å². The first kappa shape index (κ1) is 21.7. The van der Waals surface area contributed by atoms with Crippen LogP contribution in [-0.2, 0) is 24.2 Å². The van der Waals surface area contributed by atoms with Crippen LogP contribution in [0.5, 0.6) is 11.5 Å². The minimum absolute atomic E-state index is 0.0419. The van der Waals surface area contributed by atoms with Crippen molar-refractivity contribution < 1.29 is 32.2 Å². The third-order valence-corrected chi connectivity index (χ3v) is 6.22. The topological polar surface area (TPSA) is 99.2 Å². The van der Waals surface area contributed by atoms with Crippen molar-refractivity contribution >= 4 is 27.8 Å². The Morgan fingerprint density at radius 2 is 1.93 bits per heavy atom. The number of likely N-dealkylation sites (N-methyl/N-ethyl adjacent to an activating group) is 1. The molecule has 1 saturated heterocycles. The van der Waals surface area contributed by atoms with Crippen molar-refractivity contribution in [2.24, 2.45) is 0 Å². The summed E-state index contributed by atoms with van der Waals surface area (Å²) in [5.74, 6) is 0.0603. The van der Waals surface area contributed by atoms with Gasteiger partial charge in [-0.25, -0.2) is 13.2 Å². The van der Waals surface area contributed by atoms with Crippen LogP contribution in [0.1, 0.15) is 18.9 Å². The summed E-state index contributed by atoms with van der Waals surface area (Å²) in [5.41, 5.74) is 0.701. The first-order valence-electron chi connectivity index (χ1n) is 8.86. The van der Waals surface area contributed by atoms with Gasteiger partial charge in [0.05, 0.1) is 25.7 Å². The second-order valence-corrected chi connectivity index (χ2v) is 8.52. The van der Waals surface area contributed by atoms with E-state index in [1.807, 2.05) is 0 Å². The summed E-state index contributed by atoms with van der Waals surface area (Å²) in [6.45, 7) is 1.69. The number of ether oxygens (including phenoxy) is 3. The molecule has 2 rings (SSSR count). The lowest BCUT2D eigenvalue weighted by Gasteiger charge is -2.26. The molecule has 1 atom stereocenters. The second kappa shape index (κ2) is 9.59. The highest BCUT2D eigenvalue weighted by molar-refractivity contribution is 7.91. The number of methoxy groups -OCH3 is 2. The molecule has 1 aromatic carbocycles. The van der Waals surface area contributed by atoms with Gasteiger partial charge in [0.15, 0.2) is 27.9 Å². The Kier molecular flexibility index (Phi) is 7.45. The largest absolute Gasteiger partial charge is 0.493 e. The molecular formula is C19H25NO7S. The predicted molar refractivity (Wildman–Crippen MR) is 104 cm³/mol. The maximum absolute atomic E-state index is 12.3. The number of sulfone groups is 1. The van der Waals surface area contributed by atoms with E-state index >= 15 is 0 Å². The van der Waals surface area contributed by atoms with Gasteiger partial charge in [-0.3, -0.25) is 4.79 Å². The second-order valence-electron chi connectivity index (χ2n) is 6.29. The molecule has 1 fully saturated rings. The molecule has 0 aromatic heterocycles. The van der Waals surface area contributed by atoms with E-state index in [0.29, 0.717) is 30.0 Å². The molecule has 0 aliphatic carbocycles. The molecule has 1 heterocycles. The number of rotatable bonds is 8. The van der Waals surface area contributed by atoms with Gasteiger partial charge < -0.3 is 19.1 Å². The van der Waals surface area contributed by atoms with E-state index in [-0.39, 0.29) is 17.5 Å². The number of benzene rings is 1. The highest BCUT2D eigenvalue weighted by atomic mass is 32.2. The first-order chi connectivity index (χ1) is 13.3. The van der Waals surface area contributed by atoms with Crippen LogP contribution in [0.3, 0.4) is 0 Å². The molecule has 8 nitrogen and oxygen atoms in total. The number of carbonyl (C=O) groups excluding carboxylic acids is 2. The van der Waals surface area contributed by atoms with E-state index in [1.54, 1.807) is 25.1 Å². The Balaban J connectivity index is 1.90. The predicted octanol–water partition coefficient (Wildman–Crippen LogP) is 1.30. The molecule has 0 spiro atoms. The minimum atomic E-state index is -3.10. The fourth-order valence-corrected chi connectivity index (χ4v) is 4.77. The molecule has 154 valence electrons. The molecular weight excluding hydrogens is 386 g/mol. The maximum atomic E-state index is 12.3. The zero-order chi connectivity index (χ0) is 20.7. The van der Waals surface area contributed by atoms with E-state index in [2.05, 4.69) is 0 Å². The van der Waals surface area contributed by atoms with E-state index in [0.717, 1.165) is 0 Å². The molecule has 0 N–H and O–H groups in total. The van der Waals surface area contributed by atoms with Gasteiger partial charge in [0.2, 0.25) is 0 Å². The summed E-state index contributed by atoms with van der Waals surface area (Å²) in [6, 6.07) is 4.80. The van der Waals surface area contributed by atoms with Crippen LogP contribution in [0.15, 0.2) is 24.3 Å². The van der Waals surface area contributed by atoms with Gasteiger partial charge in [0.25, 0.3) is 5.91 Å². The van der Waals surface area contributed by atoms with Crippen LogP contribution >= 0.6 is 0 Å². The molecule has 28 heavy (non-hydrogen) atoms. The maximum Gasteiger partial charge on any atom is 0.331 e. The van der Waals surface area contributed by atoms with E-state index in [4.69, 9.17) is 14.2 Å². The minimum Gasteiger partial charge on any atom is -0.493 e. The lowest BCUT2D eigenvalue weighted by atomic mass is 10.2. The van der Waals surface area contributed by atoms with Crippen molar-refractivity contribution in [3.8, 4) is 11.5 Å². The SMILES string of the molecule is CCN(C(=O)COC(=O)/C=C/c1ccc(OC)c(OC)c1)[C@@H]1CCS(=O)(=O)C1. The highest BCUT2D eigenvalue weighted by Crippen LogP contribution is 2.28. The lowest BCUT2D eigenvalue weighted by Crippen LogP contribution is -2.43. The molecule has 9 heteroatoms. The van der Waals surface area contributed by atoms with Gasteiger partial charge in [-0.2, -0.15) is 0 Å². The first-order valence-corrected chi connectivity index (χ1v) is 10.7. The van der Waals surface area contributed by atoms with Crippen LogP contribution in [0, 0.1) is 0 Å². The van der Waals surface area contributed by atoms with Crippen LogP contribution < -0.4 is 9.47 Å². The van der Waals surface area contributed by atoms with Crippen molar-refractivity contribution in [3.63, 3.8) is 0 Å². The number of carbonyl (C=O) groups is 2. The Morgan fingerprint density at radius 1 is 1.21 bits per heavy atom. The van der Waals surface area contributed by atoms with Gasteiger partial charge in [-0.1, -0.05) is 6.07 Å². The highest BCUT2D eigenvalue weighted by Gasteiger charge is 2.34. The number of esters is 1.